The average molecular weight is 364 g/mol. The van der Waals surface area contributed by atoms with Gasteiger partial charge in [0, 0.05) is 17.6 Å². The highest BCUT2D eigenvalue weighted by molar-refractivity contribution is 5.82. The number of imidazole rings is 1. The highest BCUT2D eigenvalue weighted by atomic mass is 19.1. The second-order valence-electron chi connectivity index (χ2n) is 6.51. The van der Waals surface area contributed by atoms with E-state index in [9.17, 15) is 4.39 Å². The van der Waals surface area contributed by atoms with Crippen molar-refractivity contribution < 1.29 is 4.39 Å². The van der Waals surface area contributed by atoms with E-state index in [1.165, 1.54) is 12.4 Å². The van der Waals surface area contributed by atoms with Gasteiger partial charge in [0.25, 0.3) is 0 Å². The topological polar surface area (TPSA) is 79.4 Å². The van der Waals surface area contributed by atoms with Crippen LogP contribution < -0.4 is 5.32 Å². The van der Waals surface area contributed by atoms with Crippen molar-refractivity contribution >= 4 is 27.9 Å². The minimum atomic E-state index is -0.267. The van der Waals surface area contributed by atoms with Gasteiger partial charge in [-0.2, -0.15) is 0 Å². The average Bonchev–Trinajstić information content (AvgIpc) is 3.16. The van der Waals surface area contributed by atoms with Crippen molar-refractivity contribution in [2.75, 3.05) is 11.9 Å². The number of rotatable bonds is 7. The number of aromatic nitrogens is 5. The standard InChI is InChI=1S/C20H21FN6/c1-2-3-7-16-13(10-14-5-4-6-15(21)17(14)27-16)8-9-22-19-18-20(24-11-23-18)26-12-25-19/h4-6,10-12H,2-3,7-9H2,1H3,(H2,22,23,24,25,26). The van der Waals surface area contributed by atoms with Gasteiger partial charge in [-0.3, -0.25) is 0 Å². The fourth-order valence-electron chi connectivity index (χ4n) is 3.23. The van der Waals surface area contributed by atoms with E-state index in [1.54, 1.807) is 12.4 Å². The lowest BCUT2D eigenvalue weighted by atomic mass is 10.0. The molecule has 27 heavy (non-hydrogen) atoms. The number of nitrogens with one attached hydrogen (secondary N) is 2. The van der Waals surface area contributed by atoms with Crippen LogP contribution in [0.2, 0.25) is 0 Å². The summed E-state index contributed by atoms with van der Waals surface area (Å²) < 4.78 is 14.1. The molecular weight excluding hydrogens is 343 g/mol. The first kappa shape index (κ1) is 17.3. The van der Waals surface area contributed by atoms with Gasteiger partial charge >= 0.3 is 0 Å². The Morgan fingerprint density at radius 3 is 2.93 bits per heavy atom. The molecule has 0 bridgehead atoms. The number of H-pyrrole nitrogens is 1. The van der Waals surface area contributed by atoms with E-state index in [2.05, 4.69) is 43.2 Å². The maximum Gasteiger partial charge on any atom is 0.162 e. The van der Waals surface area contributed by atoms with Crippen LogP contribution in [0, 0.1) is 5.82 Å². The number of para-hydroxylation sites is 1. The van der Waals surface area contributed by atoms with Gasteiger partial charge in [0.1, 0.15) is 23.2 Å². The molecule has 7 heteroatoms. The van der Waals surface area contributed by atoms with Crippen LogP contribution in [0.4, 0.5) is 10.2 Å². The number of aromatic amines is 1. The minimum Gasteiger partial charge on any atom is -0.368 e. The first-order chi connectivity index (χ1) is 13.3. The molecule has 3 heterocycles. The highest BCUT2D eigenvalue weighted by Crippen LogP contribution is 2.22. The van der Waals surface area contributed by atoms with Crippen LogP contribution in [0.1, 0.15) is 31.0 Å². The first-order valence-corrected chi connectivity index (χ1v) is 9.21. The van der Waals surface area contributed by atoms with Gasteiger partial charge in [0.15, 0.2) is 11.5 Å². The molecule has 0 spiro atoms. The van der Waals surface area contributed by atoms with Gasteiger partial charge < -0.3 is 10.3 Å². The summed E-state index contributed by atoms with van der Waals surface area (Å²) >= 11 is 0. The molecule has 0 amide bonds. The van der Waals surface area contributed by atoms with E-state index in [1.807, 2.05) is 6.07 Å². The van der Waals surface area contributed by atoms with Crippen molar-refractivity contribution in [3.63, 3.8) is 0 Å². The lowest BCUT2D eigenvalue weighted by molar-refractivity contribution is 0.635. The fourth-order valence-corrected chi connectivity index (χ4v) is 3.23. The molecule has 1 aromatic carbocycles. The van der Waals surface area contributed by atoms with E-state index < -0.39 is 0 Å². The number of fused-ring (bicyclic) bond motifs is 2. The summed E-state index contributed by atoms with van der Waals surface area (Å²) in [6.45, 7) is 2.83. The van der Waals surface area contributed by atoms with Gasteiger partial charge in [-0.15, -0.1) is 0 Å². The summed E-state index contributed by atoms with van der Waals surface area (Å²) in [7, 11) is 0. The molecule has 0 radical (unpaired) electrons. The molecule has 0 aliphatic carbocycles. The number of unbranched alkanes of at least 4 members (excludes halogenated alkanes) is 1. The predicted molar refractivity (Wildman–Crippen MR) is 104 cm³/mol. The Labute approximate surface area is 156 Å². The number of hydrogen-bond donors (Lipinski definition) is 2. The Kier molecular flexibility index (Phi) is 4.91. The Balaban J connectivity index is 1.57. The molecule has 0 atom stereocenters. The SMILES string of the molecule is CCCCc1nc2c(F)cccc2cc1CCNc1ncnc2[nH]cnc12. The summed E-state index contributed by atoms with van der Waals surface area (Å²) in [5.74, 6) is 0.438. The molecule has 138 valence electrons. The number of nitrogens with zero attached hydrogens (tertiary/aromatic N) is 4. The predicted octanol–water partition coefficient (Wildman–Crippen LogP) is 4.04. The third kappa shape index (κ3) is 3.58. The monoisotopic (exact) mass is 364 g/mol. The van der Waals surface area contributed by atoms with Crippen LogP contribution in [0.5, 0.6) is 0 Å². The molecule has 0 unspecified atom stereocenters. The number of aryl methyl sites for hydroxylation is 1. The van der Waals surface area contributed by atoms with Gasteiger partial charge in [0.2, 0.25) is 0 Å². The molecular formula is C20H21FN6. The fraction of sp³-hybridized carbons (Fsp3) is 0.300. The van der Waals surface area contributed by atoms with Crippen molar-refractivity contribution in [1.82, 2.24) is 24.9 Å². The maximum atomic E-state index is 14.1. The number of benzene rings is 1. The zero-order chi connectivity index (χ0) is 18.6. The summed E-state index contributed by atoms with van der Waals surface area (Å²) in [4.78, 5) is 20.3. The third-order valence-corrected chi connectivity index (χ3v) is 4.64. The zero-order valence-electron chi connectivity index (χ0n) is 15.2. The zero-order valence-corrected chi connectivity index (χ0v) is 15.2. The Morgan fingerprint density at radius 1 is 1.11 bits per heavy atom. The summed E-state index contributed by atoms with van der Waals surface area (Å²) in [5.41, 5.74) is 4.00. The Bertz CT molecular complexity index is 1070. The summed E-state index contributed by atoms with van der Waals surface area (Å²) in [6.07, 6.45) is 6.85. The van der Waals surface area contributed by atoms with Crippen LogP contribution in [0.25, 0.3) is 22.1 Å². The number of halogens is 1. The van der Waals surface area contributed by atoms with Gasteiger partial charge in [-0.25, -0.2) is 24.3 Å². The van der Waals surface area contributed by atoms with Crippen molar-refractivity contribution in [2.45, 2.75) is 32.6 Å². The molecule has 3 aromatic heterocycles. The largest absolute Gasteiger partial charge is 0.368 e. The lowest BCUT2D eigenvalue weighted by Gasteiger charge is -2.12. The second-order valence-corrected chi connectivity index (χ2v) is 6.51. The quantitative estimate of drug-likeness (QED) is 0.517. The van der Waals surface area contributed by atoms with Crippen molar-refractivity contribution in [2.24, 2.45) is 0 Å². The minimum absolute atomic E-state index is 0.267. The van der Waals surface area contributed by atoms with Crippen molar-refractivity contribution in [3.05, 3.63) is 54.0 Å². The molecule has 0 saturated carbocycles. The van der Waals surface area contributed by atoms with E-state index in [0.29, 0.717) is 23.5 Å². The number of hydrogen-bond acceptors (Lipinski definition) is 5. The number of pyridine rings is 1. The van der Waals surface area contributed by atoms with E-state index >= 15 is 0 Å². The van der Waals surface area contributed by atoms with Crippen LogP contribution in [-0.2, 0) is 12.8 Å². The molecule has 2 N–H and O–H groups in total. The van der Waals surface area contributed by atoms with Crippen LogP contribution in [0.15, 0.2) is 36.9 Å². The molecule has 0 aliphatic rings. The summed E-state index contributed by atoms with van der Waals surface area (Å²) in [6, 6.07) is 7.15. The maximum absolute atomic E-state index is 14.1. The Hall–Kier alpha value is -3.09. The molecule has 4 rings (SSSR count). The molecule has 0 fully saturated rings. The Morgan fingerprint density at radius 2 is 2.04 bits per heavy atom. The van der Waals surface area contributed by atoms with E-state index in [4.69, 9.17) is 0 Å². The van der Waals surface area contributed by atoms with Crippen LogP contribution in [-0.4, -0.2) is 31.5 Å². The van der Waals surface area contributed by atoms with Gasteiger partial charge in [0.05, 0.1) is 6.33 Å². The van der Waals surface area contributed by atoms with E-state index in [-0.39, 0.29) is 5.82 Å². The molecule has 4 aromatic rings. The van der Waals surface area contributed by atoms with E-state index in [0.717, 1.165) is 47.8 Å². The van der Waals surface area contributed by atoms with Crippen LogP contribution >= 0.6 is 0 Å². The normalized spacial score (nSPS) is 11.3. The first-order valence-electron chi connectivity index (χ1n) is 9.21. The third-order valence-electron chi connectivity index (χ3n) is 4.64. The van der Waals surface area contributed by atoms with Crippen molar-refractivity contribution in [3.8, 4) is 0 Å². The van der Waals surface area contributed by atoms with Crippen molar-refractivity contribution in [1.29, 1.82) is 0 Å². The smallest absolute Gasteiger partial charge is 0.162 e. The van der Waals surface area contributed by atoms with Gasteiger partial charge in [-0.1, -0.05) is 25.5 Å². The van der Waals surface area contributed by atoms with Crippen LogP contribution in [0.3, 0.4) is 0 Å². The molecule has 0 aliphatic heterocycles. The molecule has 0 saturated heterocycles. The summed E-state index contributed by atoms with van der Waals surface area (Å²) in [5, 5.41) is 4.16. The second kappa shape index (κ2) is 7.65. The number of anilines is 1. The highest BCUT2D eigenvalue weighted by Gasteiger charge is 2.11. The lowest BCUT2D eigenvalue weighted by Crippen LogP contribution is -2.10. The van der Waals surface area contributed by atoms with Gasteiger partial charge in [-0.05, 0) is 37.0 Å². The molecule has 6 nitrogen and oxygen atoms in total.